The molecule has 0 aromatic carbocycles. The van der Waals surface area contributed by atoms with E-state index in [1.807, 2.05) is 0 Å². The number of hydrogen-bond donors (Lipinski definition) is 1. The first-order chi connectivity index (χ1) is 6.89. The van der Waals surface area contributed by atoms with Crippen LogP contribution in [0.15, 0.2) is 18.3 Å². The Balaban J connectivity index is 3.00. The number of aliphatic hydroxyl groups is 1. The third-order valence-electron chi connectivity index (χ3n) is 1.50. The first kappa shape index (κ1) is 11.5. The van der Waals surface area contributed by atoms with Crippen LogP contribution in [0, 0.1) is 11.8 Å². The van der Waals surface area contributed by atoms with Crippen LogP contribution in [-0.2, 0) is 6.18 Å². The fraction of sp³-hybridized carbons (Fsp3) is 0.300. The molecule has 0 aliphatic heterocycles. The standard InChI is InChI=1S/C10H8F3NO/c1-7(15)2-3-9-6-8(4-5-14-9)10(11,12)13/h4-7,15H,1H3/t7-/m1/s1. The van der Waals surface area contributed by atoms with Crippen LogP contribution in [0.25, 0.3) is 0 Å². The lowest BCUT2D eigenvalue weighted by molar-refractivity contribution is -0.137. The van der Waals surface area contributed by atoms with E-state index in [-0.39, 0.29) is 5.69 Å². The van der Waals surface area contributed by atoms with Gasteiger partial charge in [-0.1, -0.05) is 5.92 Å². The number of halogens is 3. The summed E-state index contributed by atoms with van der Waals surface area (Å²) in [5, 5.41) is 8.82. The monoisotopic (exact) mass is 215 g/mol. The summed E-state index contributed by atoms with van der Waals surface area (Å²) in [6, 6.07) is 1.71. The van der Waals surface area contributed by atoms with E-state index in [9.17, 15) is 13.2 Å². The molecule has 1 aromatic heterocycles. The number of alkyl halides is 3. The van der Waals surface area contributed by atoms with Crippen molar-refractivity contribution in [3.63, 3.8) is 0 Å². The largest absolute Gasteiger partial charge is 0.416 e. The Morgan fingerprint density at radius 3 is 2.67 bits per heavy atom. The molecule has 1 atom stereocenters. The van der Waals surface area contributed by atoms with E-state index < -0.39 is 17.8 Å². The second kappa shape index (κ2) is 4.32. The summed E-state index contributed by atoms with van der Waals surface area (Å²) in [5.41, 5.74) is -0.807. The molecule has 1 N–H and O–H groups in total. The van der Waals surface area contributed by atoms with Gasteiger partial charge in [-0.05, 0) is 25.0 Å². The quantitative estimate of drug-likeness (QED) is 0.670. The maximum Gasteiger partial charge on any atom is 0.416 e. The Kier molecular flexibility index (Phi) is 3.32. The van der Waals surface area contributed by atoms with Gasteiger partial charge in [0, 0.05) is 6.20 Å². The third kappa shape index (κ3) is 3.60. The molecule has 0 aliphatic carbocycles. The second-order valence-electron chi connectivity index (χ2n) is 2.87. The molecule has 1 rings (SSSR count). The number of aromatic nitrogens is 1. The Morgan fingerprint density at radius 2 is 2.13 bits per heavy atom. The van der Waals surface area contributed by atoms with E-state index in [0.717, 1.165) is 18.3 Å². The fourth-order valence-corrected chi connectivity index (χ4v) is 0.854. The summed E-state index contributed by atoms with van der Waals surface area (Å²) < 4.78 is 36.7. The van der Waals surface area contributed by atoms with Crippen LogP contribution in [-0.4, -0.2) is 16.2 Å². The van der Waals surface area contributed by atoms with Crippen LogP contribution in [0.2, 0.25) is 0 Å². The Bertz CT molecular complexity index is 401. The molecule has 0 amide bonds. The average Bonchev–Trinajstić information content (AvgIpc) is 2.14. The summed E-state index contributed by atoms with van der Waals surface area (Å²) in [7, 11) is 0. The van der Waals surface area contributed by atoms with Crippen LogP contribution in [0.1, 0.15) is 18.2 Å². The van der Waals surface area contributed by atoms with E-state index in [2.05, 4.69) is 16.8 Å². The lowest BCUT2D eigenvalue weighted by atomic mass is 10.2. The van der Waals surface area contributed by atoms with Gasteiger partial charge in [0.25, 0.3) is 0 Å². The van der Waals surface area contributed by atoms with E-state index in [4.69, 9.17) is 5.11 Å². The van der Waals surface area contributed by atoms with Gasteiger partial charge in [0.1, 0.15) is 11.8 Å². The first-order valence-corrected chi connectivity index (χ1v) is 4.12. The molecule has 2 nitrogen and oxygen atoms in total. The van der Waals surface area contributed by atoms with Crippen molar-refractivity contribution >= 4 is 0 Å². The van der Waals surface area contributed by atoms with Crippen LogP contribution in [0.4, 0.5) is 13.2 Å². The van der Waals surface area contributed by atoms with E-state index in [1.165, 1.54) is 6.92 Å². The molecule has 0 saturated heterocycles. The molecule has 0 unspecified atom stereocenters. The van der Waals surface area contributed by atoms with Gasteiger partial charge in [0.2, 0.25) is 0 Å². The van der Waals surface area contributed by atoms with Gasteiger partial charge in [0.15, 0.2) is 0 Å². The van der Waals surface area contributed by atoms with Crippen molar-refractivity contribution in [1.82, 2.24) is 4.98 Å². The summed E-state index contributed by atoms with van der Waals surface area (Å²) in [6.45, 7) is 1.42. The van der Waals surface area contributed by atoms with Crippen LogP contribution in [0.5, 0.6) is 0 Å². The molecule has 1 heterocycles. The number of rotatable bonds is 0. The highest BCUT2D eigenvalue weighted by atomic mass is 19.4. The minimum Gasteiger partial charge on any atom is -0.381 e. The van der Waals surface area contributed by atoms with Crippen molar-refractivity contribution in [2.75, 3.05) is 0 Å². The average molecular weight is 215 g/mol. The molecular weight excluding hydrogens is 207 g/mol. The molecule has 15 heavy (non-hydrogen) atoms. The van der Waals surface area contributed by atoms with Gasteiger partial charge >= 0.3 is 6.18 Å². The smallest absolute Gasteiger partial charge is 0.381 e. The van der Waals surface area contributed by atoms with Gasteiger partial charge in [0.05, 0.1) is 5.56 Å². The molecule has 0 aliphatic rings. The van der Waals surface area contributed by atoms with Gasteiger partial charge in [-0.15, -0.1) is 0 Å². The minimum atomic E-state index is -4.40. The number of aliphatic hydroxyl groups excluding tert-OH is 1. The van der Waals surface area contributed by atoms with Crippen molar-refractivity contribution in [2.45, 2.75) is 19.2 Å². The van der Waals surface area contributed by atoms with Crippen molar-refractivity contribution in [1.29, 1.82) is 0 Å². The van der Waals surface area contributed by atoms with Crippen molar-refractivity contribution in [3.8, 4) is 11.8 Å². The molecule has 0 spiro atoms. The van der Waals surface area contributed by atoms with E-state index in [1.54, 1.807) is 0 Å². The van der Waals surface area contributed by atoms with Crippen LogP contribution in [0.3, 0.4) is 0 Å². The zero-order chi connectivity index (χ0) is 11.5. The Morgan fingerprint density at radius 1 is 1.47 bits per heavy atom. The van der Waals surface area contributed by atoms with Crippen LogP contribution >= 0.6 is 0 Å². The SMILES string of the molecule is C[C@@H](O)C#Cc1cc(C(F)(F)F)ccn1. The molecule has 1 aromatic rings. The van der Waals surface area contributed by atoms with Crippen molar-refractivity contribution in [3.05, 3.63) is 29.6 Å². The highest BCUT2D eigenvalue weighted by molar-refractivity contribution is 5.32. The van der Waals surface area contributed by atoms with Gasteiger partial charge < -0.3 is 5.11 Å². The molecule has 0 bridgehead atoms. The molecule has 5 heteroatoms. The second-order valence-corrected chi connectivity index (χ2v) is 2.87. The van der Waals surface area contributed by atoms with Gasteiger partial charge in [-0.25, -0.2) is 4.98 Å². The normalized spacial score (nSPS) is 12.9. The maximum absolute atomic E-state index is 12.2. The van der Waals surface area contributed by atoms with Gasteiger partial charge in [-0.2, -0.15) is 13.2 Å². The predicted molar refractivity (Wildman–Crippen MR) is 47.8 cm³/mol. The maximum atomic E-state index is 12.2. The number of pyridine rings is 1. The number of nitrogens with zero attached hydrogens (tertiary/aromatic N) is 1. The van der Waals surface area contributed by atoms with Crippen molar-refractivity contribution < 1.29 is 18.3 Å². The predicted octanol–water partition coefficient (Wildman–Crippen LogP) is 1.83. The molecule has 0 saturated carbocycles. The lowest BCUT2D eigenvalue weighted by Gasteiger charge is -2.05. The topological polar surface area (TPSA) is 33.1 Å². The summed E-state index contributed by atoms with van der Waals surface area (Å²) in [4.78, 5) is 3.64. The zero-order valence-electron chi connectivity index (χ0n) is 7.84. The third-order valence-corrected chi connectivity index (χ3v) is 1.50. The van der Waals surface area contributed by atoms with E-state index in [0.29, 0.717) is 0 Å². The molecule has 0 radical (unpaired) electrons. The minimum absolute atomic E-state index is 0.00859. The first-order valence-electron chi connectivity index (χ1n) is 4.12. The summed E-state index contributed by atoms with van der Waals surface area (Å²) in [6.07, 6.45) is -4.25. The zero-order valence-corrected chi connectivity index (χ0v) is 7.84. The van der Waals surface area contributed by atoms with Crippen molar-refractivity contribution in [2.24, 2.45) is 0 Å². The number of hydrogen-bond acceptors (Lipinski definition) is 2. The summed E-state index contributed by atoms with van der Waals surface area (Å²) >= 11 is 0. The molecule has 80 valence electrons. The van der Waals surface area contributed by atoms with Crippen LogP contribution < -0.4 is 0 Å². The van der Waals surface area contributed by atoms with Gasteiger partial charge in [-0.3, -0.25) is 0 Å². The fourth-order valence-electron chi connectivity index (χ4n) is 0.854. The Labute approximate surface area is 84.8 Å². The van der Waals surface area contributed by atoms with E-state index >= 15 is 0 Å². The summed E-state index contributed by atoms with van der Waals surface area (Å²) in [5.74, 6) is 4.66. The highest BCUT2D eigenvalue weighted by Crippen LogP contribution is 2.28. The Hall–Kier alpha value is -1.54. The highest BCUT2D eigenvalue weighted by Gasteiger charge is 2.30. The lowest BCUT2D eigenvalue weighted by Crippen LogP contribution is -2.05. The molecular formula is C10H8F3NO. The molecule has 0 fully saturated rings.